The number of rotatable bonds is 1. The molecule has 0 atom stereocenters. The fourth-order valence-electron chi connectivity index (χ4n) is 1.77. The van der Waals surface area contributed by atoms with Gasteiger partial charge >= 0.3 is 123 Å². The summed E-state index contributed by atoms with van der Waals surface area (Å²) in [5.74, 6) is 0. The van der Waals surface area contributed by atoms with Crippen LogP contribution in [0.25, 0.3) is 0 Å². The molecule has 1 saturated carbocycles. The number of hydrogen-bond acceptors (Lipinski definition) is 2. The maximum atomic E-state index is 11.6. The summed E-state index contributed by atoms with van der Waals surface area (Å²) >= 11 is -1.66. The summed E-state index contributed by atoms with van der Waals surface area (Å²) in [6, 6.07) is 2.37. The van der Waals surface area contributed by atoms with Gasteiger partial charge < -0.3 is 0 Å². The Balaban J connectivity index is 0. The zero-order valence-corrected chi connectivity index (χ0v) is 16.9. The summed E-state index contributed by atoms with van der Waals surface area (Å²) < 4.78 is 11.4. The van der Waals surface area contributed by atoms with Crippen molar-refractivity contribution in [2.45, 2.75) is 40.3 Å². The summed E-state index contributed by atoms with van der Waals surface area (Å²) in [6.45, 7) is 0. The normalized spacial score (nSPS) is 19.1. The zero-order chi connectivity index (χ0) is 9.03. The van der Waals surface area contributed by atoms with Crippen molar-refractivity contribution in [3.8, 4) is 6.07 Å². The van der Waals surface area contributed by atoms with Crippen molar-refractivity contribution in [2.24, 2.45) is 0 Å². The van der Waals surface area contributed by atoms with Gasteiger partial charge in [0, 0.05) is 26.2 Å². The van der Waals surface area contributed by atoms with E-state index in [0.29, 0.717) is 0 Å². The van der Waals surface area contributed by atoms with Crippen LogP contribution in [0.5, 0.6) is 0 Å². The van der Waals surface area contributed by atoms with Gasteiger partial charge in [-0.1, -0.05) is 0 Å². The monoisotopic (exact) mass is 572 g/mol. The van der Waals surface area contributed by atoms with Crippen LogP contribution in [0.3, 0.4) is 0 Å². The van der Waals surface area contributed by atoms with Crippen LogP contribution in [0.4, 0.5) is 0 Å². The average molecular weight is 573 g/mol. The predicted octanol–water partition coefficient (Wildman–Crippen LogP) is 1.80. The molecule has 0 radical (unpaired) electrons. The molecule has 0 spiro atoms. The molecule has 0 saturated heterocycles. The zero-order valence-electron chi connectivity index (χ0n) is 7.62. The molecule has 0 aromatic carbocycles. The molecule has 0 amide bonds. The summed E-state index contributed by atoms with van der Waals surface area (Å²) in [6.07, 6.45) is 6.62. The minimum Gasteiger partial charge on any atom is 0 e. The van der Waals surface area contributed by atoms with E-state index in [1.165, 1.54) is 12.8 Å². The smallest absolute Gasteiger partial charge is 0 e. The van der Waals surface area contributed by atoms with Gasteiger partial charge in [-0.3, -0.25) is 0 Å². The number of nitriles is 1. The standard InChI is InChI=1S/C8H12N.La.Na.O.Ta.Zr.H/c9-7-8-5-3-1-2-4-6-8;;;;;;/h1-6H2;;;;;;. The van der Waals surface area contributed by atoms with Crippen LogP contribution < -0.4 is 0 Å². The Labute approximate surface area is 146 Å². The van der Waals surface area contributed by atoms with Gasteiger partial charge in [-0.15, -0.1) is 0 Å². The van der Waals surface area contributed by atoms with Gasteiger partial charge in [-0.25, -0.2) is 0 Å². The summed E-state index contributed by atoms with van der Waals surface area (Å²) in [5, 5.41) is 9.06. The first-order valence-electron chi connectivity index (χ1n) is 4.46. The number of nitrogens with zero attached hydrogens (tertiary/aromatic N) is 1. The Bertz CT molecular complexity index is 226. The van der Waals surface area contributed by atoms with Crippen molar-refractivity contribution in [2.75, 3.05) is 0 Å². The van der Waals surface area contributed by atoms with Crippen molar-refractivity contribution in [3.05, 3.63) is 0 Å². The van der Waals surface area contributed by atoms with Gasteiger partial charge in [0.05, 0.1) is 0 Å². The molecule has 1 aliphatic carbocycles. The molecular weight excluding hydrogens is 560 g/mol. The van der Waals surface area contributed by atoms with Crippen LogP contribution in [0.2, 0.25) is 1.82 Å². The molecule has 0 N–H and O–H groups in total. The molecular formula is C8H13LaNNaOTaZr. The molecule has 69 valence electrons. The molecule has 0 heterocycles. The second-order valence-corrected chi connectivity index (χ2v) is 21.5. The Hall–Kier alpha value is 3.11. The Morgan fingerprint density at radius 3 is 1.93 bits per heavy atom. The minimum absolute atomic E-state index is 0. The second kappa shape index (κ2) is 10.1. The number of hydrogen-bond donors (Lipinski definition) is 0. The van der Waals surface area contributed by atoms with Crippen molar-refractivity contribution in [1.82, 2.24) is 0 Å². The molecule has 2 nitrogen and oxygen atoms in total. The van der Waals surface area contributed by atoms with E-state index in [1.807, 2.05) is 0 Å². The Morgan fingerprint density at radius 1 is 1.21 bits per heavy atom. The van der Waals surface area contributed by atoms with E-state index in [1.54, 1.807) is 0 Å². The summed E-state index contributed by atoms with van der Waals surface area (Å²) in [5.41, 5.74) is 0. The fraction of sp³-hybridized carbons (Fsp3) is 0.875. The van der Waals surface area contributed by atoms with E-state index in [0.717, 1.165) is 40.0 Å². The second-order valence-electron chi connectivity index (χ2n) is 3.53. The average Bonchev–Trinajstić information content (AvgIpc) is 2.29. The molecule has 1 rings (SSSR count). The van der Waals surface area contributed by atoms with Gasteiger partial charge in [0.1, 0.15) is 0 Å². The van der Waals surface area contributed by atoms with E-state index < -0.39 is 25.6 Å². The van der Waals surface area contributed by atoms with Gasteiger partial charge in [0.15, 0.2) is 0 Å². The molecule has 0 aromatic rings. The van der Waals surface area contributed by atoms with Crippen molar-refractivity contribution in [3.63, 3.8) is 0 Å². The van der Waals surface area contributed by atoms with E-state index in [2.05, 4.69) is 6.07 Å². The van der Waals surface area contributed by atoms with Gasteiger partial charge in [-0.05, 0) is 0 Å². The molecule has 1 aliphatic rings. The third kappa shape index (κ3) is 5.63. The SMILES string of the molecule is N#C[C]1([La](=[O])[Ta])CCCCCC1.[NaH].[Zr]. The third-order valence-electron chi connectivity index (χ3n) is 2.69. The van der Waals surface area contributed by atoms with Crippen molar-refractivity contribution < 1.29 is 67.8 Å². The summed E-state index contributed by atoms with van der Waals surface area (Å²) in [7, 11) is 0. The molecule has 14 heavy (non-hydrogen) atoms. The Kier molecular flexibility index (Phi) is 14.0. The molecule has 1 fully saturated rings. The topological polar surface area (TPSA) is 40.9 Å². The first kappa shape index (κ1) is 19.4. The minimum atomic E-state index is -2.70. The van der Waals surface area contributed by atoms with Crippen LogP contribution in [0.15, 0.2) is 0 Å². The third-order valence-corrected chi connectivity index (χ3v) is 20.8. The fourth-order valence-corrected chi connectivity index (χ4v) is 13.2. The van der Waals surface area contributed by atoms with Gasteiger partial charge in [0.2, 0.25) is 0 Å². The Morgan fingerprint density at radius 2 is 1.64 bits per heavy atom. The first-order chi connectivity index (χ1) is 5.71. The van der Waals surface area contributed by atoms with Gasteiger partial charge in [-0.2, -0.15) is 0 Å². The van der Waals surface area contributed by atoms with Crippen LogP contribution in [-0.4, -0.2) is 29.6 Å². The molecule has 0 aromatic heterocycles. The van der Waals surface area contributed by atoms with E-state index in [9.17, 15) is 1.70 Å². The molecule has 0 aliphatic heterocycles. The van der Waals surface area contributed by atoms with Gasteiger partial charge in [0.25, 0.3) is 0 Å². The summed E-state index contributed by atoms with van der Waals surface area (Å²) in [4.78, 5) is 0. The van der Waals surface area contributed by atoms with Crippen molar-refractivity contribution >= 4 is 29.6 Å². The van der Waals surface area contributed by atoms with E-state index in [4.69, 9.17) is 5.26 Å². The quantitative estimate of drug-likeness (QED) is 0.355. The van der Waals surface area contributed by atoms with E-state index in [-0.39, 0.29) is 57.6 Å². The van der Waals surface area contributed by atoms with Crippen LogP contribution in [-0.2, 0) is 42.2 Å². The van der Waals surface area contributed by atoms with Crippen LogP contribution in [0.1, 0.15) is 38.5 Å². The molecule has 6 heteroatoms. The van der Waals surface area contributed by atoms with Crippen LogP contribution >= 0.6 is 0 Å². The molecule has 0 unspecified atom stereocenters. The van der Waals surface area contributed by atoms with Crippen LogP contribution in [0, 0.1) is 36.9 Å². The van der Waals surface area contributed by atoms with E-state index >= 15 is 0 Å². The van der Waals surface area contributed by atoms with Crippen molar-refractivity contribution in [1.29, 1.82) is 5.26 Å². The predicted molar refractivity (Wildman–Crippen MR) is 43.8 cm³/mol. The largest absolute Gasteiger partial charge is 0 e. The maximum Gasteiger partial charge on any atom is 0 e. The first-order valence-corrected chi connectivity index (χ1v) is 22.9. The molecule has 0 bridgehead atoms. The maximum absolute atomic E-state index is 11.6.